The molecule has 1 aromatic rings. The van der Waals surface area contributed by atoms with Crippen molar-refractivity contribution in [3.63, 3.8) is 0 Å². The summed E-state index contributed by atoms with van der Waals surface area (Å²) in [6, 6.07) is 8.66. The van der Waals surface area contributed by atoms with E-state index in [4.69, 9.17) is 0 Å². The maximum Gasteiger partial charge on any atom is 0.416 e. The molecule has 1 unspecified atom stereocenters. The van der Waals surface area contributed by atoms with E-state index in [1.54, 1.807) is 24.3 Å². The van der Waals surface area contributed by atoms with Crippen LogP contribution in [0.15, 0.2) is 30.3 Å². The summed E-state index contributed by atoms with van der Waals surface area (Å²) >= 11 is 0. The Kier molecular flexibility index (Phi) is 2.50. The molecule has 56 valence electrons. The molecule has 1 rings (SSSR count). The number of hydrogen-bond donors (Lipinski definition) is 0. The molecule has 0 amide bonds. The summed E-state index contributed by atoms with van der Waals surface area (Å²) in [7, 11) is -1.73. The van der Waals surface area contributed by atoms with Crippen molar-refractivity contribution in [2.45, 2.75) is 0 Å². The fourth-order valence-corrected chi connectivity index (χ4v) is 1.28. The molecule has 0 bridgehead atoms. The highest BCUT2D eigenvalue weighted by atomic mass is 31.1. The van der Waals surface area contributed by atoms with Gasteiger partial charge in [0.1, 0.15) is 6.66 Å². The molecule has 0 spiro atoms. The monoisotopic (exact) mass is 167 g/mol. The predicted molar refractivity (Wildman–Crippen MR) is 44.3 cm³/mol. The quantitative estimate of drug-likeness (QED) is 0.633. The molecule has 0 aliphatic carbocycles. The average molecular weight is 167 g/mol. The third kappa shape index (κ3) is 1.95. The largest absolute Gasteiger partial charge is 0.416 e. The van der Waals surface area contributed by atoms with E-state index in [1.165, 1.54) is 6.66 Å². The first-order valence-electron chi connectivity index (χ1n) is 3.22. The summed E-state index contributed by atoms with van der Waals surface area (Å²) in [6.07, 6.45) is 0. The van der Waals surface area contributed by atoms with E-state index in [-0.39, 0.29) is 5.52 Å². The predicted octanol–water partition coefficient (Wildman–Crippen LogP) is 2.28. The van der Waals surface area contributed by atoms with Gasteiger partial charge < -0.3 is 0 Å². The van der Waals surface area contributed by atoms with Gasteiger partial charge in [-0.25, -0.2) is 4.79 Å². The van der Waals surface area contributed by atoms with Crippen LogP contribution in [0.25, 0.3) is 0 Å². The zero-order valence-electron chi connectivity index (χ0n) is 6.15. The van der Waals surface area contributed by atoms with E-state index in [0.29, 0.717) is 5.56 Å². The van der Waals surface area contributed by atoms with E-state index in [9.17, 15) is 9.36 Å². The van der Waals surface area contributed by atoms with Crippen molar-refractivity contribution in [1.29, 1.82) is 0 Å². The van der Waals surface area contributed by atoms with Gasteiger partial charge in [0.25, 0.3) is 0 Å². The van der Waals surface area contributed by atoms with E-state index in [0.717, 1.165) is 0 Å². The maximum absolute atomic E-state index is 11.1. The van der Waals surface area contributed by atoms with Gasteiger partial charge in [0.15, 0.2) is 0 Å². The number of carbonyl (C=O) groups is 1. The van der Waals surface area contributed by atoms with Gasteiger partial charge in [-0.3, -0.25) is 0 Å². The molecule has 11 heavy (non-hydrogen) atoms. The lowest BCUT2D eigenvalue weighted by Gasteiger charge is -1.85. The summed E-state index contributed by atoms with van der Waals surface area (Å²) in [5.41, 5.74) is 0.247. The molecule has 1 aromatic carbocycles. The minimum Gasteiger partial charge on any atom is -0.234 e. The smallest absolute Gasteiger partial charge is 0.234 e. The van der Waals surface area contributed by atoms with Gasteiger partial charge in [-0.2, -0.15) is 0 Å². The Morgan fingerprint density at radius 3 is 2.27 bits per heavy atom. The van der Waals surface area contributed by atoms with Crippen molar-refractivity contribution in [3.05, 3.63) is 35.9 Å². The zero-order chi connectivity index (χ0) is 8.27. The van der Waals surface area contributed by atoms with Crippen LogP contribution in [0.1, 0.15) is 10.4 Å². The zero-order valence-corrected chi connectivity index (χ0v) is 7.04. The van der Waals surface area contributed by atoms with Crippen LogP contribution in [0, 0.1) is 0 Å². The summed E-state index contributed by atoms with van der Waals surface area (Å²) in [6.45, 7) is 1.42. The molecule has 0 saturated heterocycles. The molecule has 0 radical (unpaired) electrons. The van der Waals surface area contributed by atoms with Gasteiger partial charge in [0, 0.05) is 0 Å². The lowest BCUT2D eigenvalue weighted by molar-refractivity contribution is 0.107. The van der Waals surface area contributed by atoms with Gasteiger partial charge in [0.05, 0.1) is 5.56 Å². The first-order valence-corrected chi connectivity index (χ1v) is 4.92. The van der Waals surface area contributed by atoms with E-state index >= 15 is 0 Å². The fourth-order valence-electron chi connectivity index (χ4n) is 0.763. The van der Waals surface area contributed by atoms with Crippen LogP contribution >= 0.6 is 7.80 Å². The van der Waals surface area contributed by atoms with Gasteiger partial charge in [-0.1, -0.05) is 22.8 Å². The topological polar surface area (TPSA) is 34.1 Å². The highest BCUT2D eigenvalue weighted by molar-refractivity contribution is 7.63. The third-order valence-corrected chi connectivity index (χ3v) is 2.14. The summed E-state index contributed by atoms with van der Waals surface area (Å²) < 4.78 is 10.7. The van der Waals surface area contributed by atoms with Crippen LogP contribution in [0.3, 0.4) is 0 Å². The molecule has 0 aromatic heterocycles. The second-order valence-corrected chi connectivity index (χ2v) is 3.57. The molecular weight excluding hydrogens is 159 g/mol. The van der Waals surface area contributed by atoms with E-state index in [2.05, 4.69) is 0 Å². The van der Waals surface area contributed by atoms with Crippen molar-refractivity contribution >= 4 is 13.3 Å². The molecule has 0 aliphatic rings. The minimum atomic E-state index is -1.73. The van der Waals surface area contributed by atoms with E-state index < -0.39 is 7.80 Å². The Balaban J connectivity index is 2.95. The van der Waals surface area contributed by atoms with Crippen molar-refractivity contribution < 1.29 is 9.36 Å². The lowest BCUT2D eigenvalue weighted by Crippen LogP contribution is -1.90. The van der Waals surface area contributed by atoms with Crippen LogP contribution in [-0.4, -0.2) is 12.2 Å². The summed E-state index contributed by atoms with van der Waals surface area (Å²) in [5, 5.41) is 0. The van der Waals surface area contributed by atoms with Crippen LogP contribution in [0.4, 0.5) is 0 Å². The molecule has 1 atom stereocenters. The SMILES string of the molecule is C[P+](=O)C(=O)c1ccccc1. The Hall–Kier alpha value is -1.01. The molecule has 0 aliphatic heterocycles. The molecule has 0 fully saturated rings. The maximum atomic E-state index is 11.1. The standard InChI is InChI=1S/C8H8O2P/c1-11(10)8(9)7-5-3-2-4-6-7/h2-6H,1H3/q+1. The Morgan fingerprint density at radius 2 is 1.82 bits per heavy atom. The summed E-state index contributed by atoms with van der Waals surface area (Å²) in [4.78, 5) is 11.1. The molecule has 0 saturated carbocycles. The van der Waals surface area contributed by atoms with Crippen molar-refractivity contribution in [2.24, 2.45) is 0 Å². The third-order valence-electron chi connectivity index (χ3n) is 1.31. The van der Waals surface area contributed by atoms with Crippen molar-refractivity contribution in [3.8, 4) is 0 Å². The molecule has 0 heterocycles. The fraction of sp³-hybridized carbons (Fsp3) is 0.125. The number of benzene rings is 1. The second kappa shape index (κ2) is 3.40. The molecule has 0 N–H and O–H groups in total. The Bertz CT molecular complexity index is 279. The average Bonchev–Trinajstić information content (AvgIpc) is 2.05. The van der Waals surface area contributed by atoms with Crippen molar-refractivity contribution in [1.82, 2.24) is 0 Å². The summed E-state index contributed by atoms with van der Waals surface area (Å²) in [5.74, 6) is 0. The number of carbonyl (C=O) groups excluding carboxylic acids is 1. The van der Waals surface area contributed by atoms with Crippen LogP contribution in [0.2, 0.25) is 0 Å². The normalized spacial score (nSPS) is 10.8. The van der Waals surface area contributed by atoms with Crippen molar-refractivity contribution in [2.75, 3.05) is 6.66 Å². The molecule has 2 nitrogen and oxygen atoms in total. The second-order valence-electron chi connectivity index (χ2n) is 2.17. The van der Waals surface area contributed by atoms with Gasteiger partial charge in [-0.15, -0.1) is 0 Å². The highest BCUT2D eigenvalue weighted by Crippen LogP contribution is 2.21. The Morgan fingerprint density at radius 1 is 1.27 bits per heavy atom. The van der Waals surface area contributed by atoms with Crippen LogP contribution in [-0.2, 0) is 4.57 Å². The van der Waals surface area contributed by atoms with Crippen LogP contribution in [0.5, 0.6) is 0 Å². The minimum absolute atomic E-state index is 0.277. The van der Waals surface area contributed by atoms with Gasteiger partial charge >= 0.3 is 13.3 Å². The Labute approximate surface area is 66.0 Å². The lowest BCUT2D eigenvalue weighted by atomic mass is 10.2. The number of rotatable bonds is 2. The molecular formula is C8H8O2P+. The van der Waals surface area contributed by atoms with Gasteiger partial charge in [-0.05, 0) is 12.1 Å². The van der Waals surface area contributed by atoms with Crippen LogP contribution < -0.4 is 0 Å². The molecule has 3 heteroatoms. The van der Waals surface area contributed by atoms with E-state index in [1.807, 2.05) is 6.07 Å². The first kappa shape index (κ1) is 8.09. The number of hydrogen-bond acceptors (Lipinski definition) is 2. The first-order chi connectivity index (χ1) is 5.22. The highest BCUT2D eigenvalue weighted by Gasteiger charge is 2.22. The van der Waals surface area contributed by atoms with Gasteiger partial charge in [0.2, 0.25) is 0 Å².